The largest absolute Gasteiger partial charge is 0.417 e. The molecule has 2 N–H and O–H groups in total. The van der Waals surface area contributed by atoms with Gasteiger partial charge in [-0.05, 0) is 37.5 Å². The molecule has 0 aliphatic heterocycles. The fraction of sp³-hybridized carbons (Fsp3) is 1.00. The zero-order chi connectivity index (χ0) is 10.2. The molecule has 2 nitrogen and oxygen atoms in total. The van der Waals surface area contributed by atoms with Crippen LogP contribution in [0.25, 0.3) is 0 Å². The van der Waals surface area contributed by atoms with E-state index < -0.39 is 8.32 Å². The predicted molar refractivity (Wildman–Crippen MR) is 61.4 cm³/mol. The molecule has 0 aliphatic carbocycles. The summed E-state index contributed by atoms with van der Waals surface area (Å²) in [4.78, 5) is 0. The van der Waals surface area contributed by atoms with Crippen molar-refractivity contribution in [2.75, 3.05) is 13.2 Å². The van der Waals surface area contributed by atoms with Crippen molar-refractivity contribution in [1.82, 2.24) is 0 Å². The summed E-state index contributed by atoms with van der Waals surface area (Å²) < 4.78 is 6.06. The first kappa shape index (κ1) is 13.1. The van der Waals surface area contributed by atoms with Crippen molar-refractivity contribution in [3.8, 4) is 0 Å². The molecule has 0 bridgehead atoms. The molecule has 80 valence electrons. The van der Waals surface area contributed by atoms with Gasteiger partial charge in [0.15, 0.2) is 8.32 Å². The lowest BCUT2D eigenvalue weighted by atomic mass is 10.5. The van der Waals surface area contributed by atoms with Gasteiger partial charge in [-0.15, -0.1) is 0 Å². The average molecular weight is 203 g/mol. The van der Waals surface area contributed by atoms with E-state index in [0.29, 0.717) is 0 Å². The smallest absolute Gasteiger partial charge is 0.192 e. The van der Waals surface area contributed by atoms with Crippen LogP contribution >= 0.6 is 0 Å². The van der Waals surface area contributed by atoms with Gasteiger partial charge in [0.05, 0.1) is 0 Å². The summed E-state index contributed by atoms with van der Waals surface area (Å²) in [6, 6.07) is 3.73. The van der Waals surface area contributed by atoms with E-state index in [4.69, 9.17) is 10.2 Å². The average Bonchev–Trinajstić information content (AvgIpc) is 2.20. The molecule has 0 aromatic heterocycles. The first-order valence-corrected chi connectivity index (χ1v) is 8.11. The van der Waals surface area contributed by atoms with E-state index in [0.717, 1.165) is 26.0 Å². The summed E-state index contributed by atoms with van der Waals surface area (Å²) in [6.07, 6.45) is 2.27. The van der Waals surface area contributed by atoms with Crippen LogP contribution in [0.1, 0.15) is 33.6 Å². The van der Waals surface area contributed by atoms with E-state index in [1.165, 1.54) is 18.1 Å². The molecule has 0 rings (SSSR count). The molecule has 0 aromatic carbocycles. The van der Waals surface area contributed by atoms with Crippen LogP contribution in [0.3, 0.4) is 0 Å². The lowest BCUT2D eigenvalue weighted by molar-refractivity contribution is 0.297. The molecule has 0 saturated carbocycles. The standard InChI is InChI=1S/C10H25NOSi/c1-4-9-12-13(5-2,6-3)10-7-8-11/h4-11H2,1-3H3. The van der Waals surface area contributed by atoms with Gasteiger partial charge in [0.25, 0.3) is 0 Å². The first-order chi connectivity index (χ1) is 6.24. The molecule has 0 unspecified atom stereocenters. The molecule has 0 fully saturated rings. The Morgan fingerprint density at radius 2 is 1.77 bits per heavy atom. The van der Waals surface area contributed by atoms with Gasteiger partial charge < -0.3 is 10.2 Å². The number of hydrogen-bond donors (Lipinski definition) is 1. The third-order valence-electron chi connectivity index (χ3n) is 2.74. The third kappa shape index (κ3) is 4.79. The van der Waals surface area contributed by atoms with Gasteiger partial charge in [-0.2, -0.15) is 0 Å². The Bertz CT molecular complexity index is 105. The number of hydrogen-bond acceptors (Lipinski definition) is 2. The Hall–Kier alpha value is 0.137. The van der Waals surface area contributed by atoms with Crippen molar-refractivity contribution >= 4 is 8.32 Å². The molecule has 0 saturated heterocycles. The summed E-state index contributed by atoms with van der Waals surface area (Å²) >= 11 is 0. The highest BCUT2D eigenvalue weighted by Crippen LogP contribution is 2.23. The normalized spacial score (nSPS) is 12.0. The van der Waals surface area contributed by atoms with Crippen LogP contribution in [0, 0.1) is 0 Å². The van der Waals surface area contributed by atoms with Crippen LogP contribution in [-0.4, -0.2) is 21.5 Å². The van der Waals surface area contributed by atoms with Crippen molar-refractivity contribution < 1.29 is 4.43 Å². The van der Waals surface area contributed by atoms with Crippen molar-refractivity contribution in [2.45, 2.75) is 51.7 Å². The molecule has 0 aromatic rings. The molecule has 3 heteroatoms. The second-order valence-electron chi connectivity index (χ2n) is 3.63. The molecule has 0 amide bonds. The van der Waals surface area contributed by atoms with E-state index in [-0.39, 0.29) is 0 Å². The van der Waals surface area contributed by atoms with E-state index in [1.54, 1.807) is 0 Å². The zero-order valence-corrected chi connectivity index (χ0v) is 10.4. The summed E-state index contributed by atoms with van der Waals surface area (Å²) in [5, 5.41) is 0. The highest BCUT2D eigenvalue weighted by atomic mass is 28.4. The molecule has 0 spiro atoms. The molecular formula is C10H25NOSi. The van der Waals surface area contributed by atoms with Crippen LogP contribution in [0.4, 0.5) is 0 Å². The van der Waals surface area contributed by atoms with E-state index >= 15 is 0 Å². The van der Waals surface area contributed by atoms with Crippen molar-refractivity contribution in [3.05, 3.63) is 0 Å². The zero-order valence-electron chi connectivity index (χ0n) is 9.44. The fourth-order valence-corrected chi connectivity index (χ4v) is 4.87. The van der Waals surface area contributed by atoms with E-state index in [9.17, 15) is 0 Å². The van der Waals surface area contributed by atoms with Gasteiger partial charge in [0, 0.05) is 6.61 Å². The van der Waals surface area contributed by atoms with Crippen molar-refractivity contribution in [3.63, 3.8) is 0 Å². The van der Waals surface area contributed by atoms with Crippen LogP contribution in [0.2, 0.25) is 18.1 Å². The second-order valence-corrected chi connectivity index (χ2v) is 8.20. The van der Waals surface area contributed by atoms with Gasteiger partial charge >= 0.3 is 0 Å². The Morgan fingerprint density at radius 3 is 2.15 bits per heavy atom. The number of rotatable bonds is 8. The molecule has 0 heterocycles. The maximum atomic E-state index is 6.06. The second kappa shape index (κ2) is 7.53. The van der Waals surface area contributed by atoms with Crippen molar-refractivity contribution in [1.29, 1.82) is 0 Å². The predicted octanol–water partition coefficient (Wildman–Crippen LogP) is 2.75. The monoisotopic (exact) mass is 203 g/mol. The molecular weight excluding hydrogens is 178 g/mol. The van der Waals surface area contributed by atoms with E-state index in [2.05, 4.69) is 20.8 Å². The molecule has 0 aliphatic rings. The quantitative estimate of drug-likeness (QED) is 0.616. The Morgan fingerprint density at radius 1 is 1.15 bits per heavy atom. The molecule has 13 heavy (non-hydrogen) atoms. The Labute approximate surface area is 84.0 Å². The van der Waals surface area contributed by atoms with Crippen LogP contribution in [0.5, 0.6) is 0 Å². The van der Waals surface area contributed by atoms with Crippen LogP contribution in [0.15, 0.2) is 0 Å². The topological polar surface area (TPSA) is 35.2 Å². The fourth-order valence-electron chi connectivity index (χ4n) is 1.62. The highest BCUT2D eigenvalue weighted by Gasteiger charge is 2.29. The van der Waals surface area contributed by atoms with Crippen LogP contribution < -0.4 is 5.73 Å². The Balaban J connectivity index is 3.97. The lowest BCUT2D eigenvalue weighted by Gasteiger charge is -2.29. The molecule has 0 radical (unpaired) electrons. The van der Waals surface area contributed by atoms with Gasteiger partial charge in [0.1, 0.15) is 0 Å². The maximum absolute atomic E-state index is 6.06. The molecule has 0 atom stereocenters. The minimum atomic E-state index is -1.37. The minimum absolute atomic E-state index is 0.810. The van der Waals surface area contributed by atoms with Gasteiger partial charge in [0.2, 0.25) is 0 Å². The third-order valence-corrected chi connectivity index (χ3v) is 7.40. The summed E-state index contributed by atoms with van der Waals surface area (Å²) in [6.45, 7) is 8.46. The summed E-state index contributed by atoms with van der Waals surface area (Å²) in [5.74, 6) is 0. The van der Waals surface area contributed by atoms with Crippen molar-refractivity contribution in [2.24, 2.45) is 5.73 Å². The Kier molecular flexibility index (Phi) is 7.61. The summed E-state index contributed by atoms with van der Waals surface area (Å²) in [5.41, 5.74) is 5.54. The summed E-state index contributed by atoms with van der Waals surface area (Å²) in [7, 11) is -1.37. The first-order valence-electron chi connectivity index (χ1n) is 5.58. The highest BCUT2D eigenvalue weighted by molar-refractivity contribution is 6.73. The maximum Gasteiger partial charge on any atom is 0.192 e. The van der Waals surface area contributed by atoms with Gasteiger partial charge in [-0.1, -0.05) is 20.8 Å². The van der Waals surface area contributed by atoms with E-state index in [1.807, 2.05) is 0 Å². The minimum Gasteiger partial charge on any atom is -0.417 e. The lowest BCUT2D eigenvalue weighted by Crippen LogP contribution is -2.37. The van der Waals surface area contributed by atoms with Crippen LogP contribution in [-0.2, 0) is 4.43 Å². The van der Waals surface area contributed by atoms with Gasteiger partial charge in [-0.25, -0.2) is 0 Å². The number of nitrogens with two attached hydrogens (primary N) is 1. The SMILES string of the molecule is CCCO[Si](CC)(CC)CCCN. The van der Waals surface area contributed by atoms with Gasteiger partial charge in [-0.3, -0.25) is 0 Å².